The van der Waals surface area contributed by atoms with Crippen LogP contribution in [0.3, 0.4) is 0 Å². The highest BCUT2D eigenvalue weighted by molar-refractivity contribution is 5.87. The Labute approximate surface area is 115 Å². The third-order valence-electron chi connectivity index (χ3n) is 3.68. The first-order chi connectivity index (χ1) is 8.84. The van der Waals surface area contributed by atoms with Gasteiger partial charge in [-0.25, -0.2) is 0 Å². The van der Waals surface area contributed by atoms with Crippen molar-refractivity contribution in [1.82, 2.24) is 10.6 Å². The van der Waals surface area contributed by atoms with E-state index in [1.165, 1.54) is 6.92 Å². The first-order valence-electron chi connectivity index (χ1n) is 7.11. The molecule has 1 saturated carbocycles. The van der Waals surface area contributed by atoms with Crippen molar-refractivity contribution < 1.29 is 14.7 Å². The summed E-state index contributed by atoms with van der Waals surface area (Å²) < 4.78 is 0. The predicted octanol–water partition coefficient (Wildman–Crippen LogP) is 0.958. The van der Waals surface area contributed by atoms with Gasteiger partial charge in [-0.15, -0.1) is 0 Å². The number of amides is 2. The predicted molar refractivity (Wildman–Crippen MR) is 73.5 cm³/mol. The zero-order valence-electron chi connectivity index (χ0n) is 12.2. The molecule has 1 aliphatic rings. The van der Waals surface area contributed by atoms with E-state index in [1.54, 1.807) is 0 Å². The maximum absolute atomic E-state index is 12.1. The second-order valence-corrected chi connectivity index (χ2v) is 5.93. The average Bonchev–Trinajstić information content (AvgIpc) is 2.33. The van der Waals surface area contributed by atoms with Gasteiger partial charge in [0.2, 0.25) is 11.8 Å². The van der Waals surface area contributed by atoms with E-state index < -0.39 is 11.6 Å². The van der Waals surface area contributed by atoms with Crippen LogP contribution in [0, 0.1) is 5.92 Å². The second-order valence-electron chi connectivity index (χ2n) is 5.93. The first-order valence-corrected chi connectivity index (χ1v) is 7.11. The number of hydrogen-bond acceptors (Lipinski definition) is 3. The normalized spacial score (nSPS) is 19.8. The van der Waals surface area contributed by atoms with Crippen LogP contribution in [0.25, 0.3) is 0 Å². The second kappa shape index (κ2) is 6.89. The molecule has 2 amide bonds. The lowest BCUT2D eigenvalue weighted by Gasteiger charge is -2.33. The minimum Gasteiger partial charge on any atom is -0.388 e. The van der Waals surface area contributed by atoms with Crippen LogP contribution in [0.4, 0.5) is 0 Å². The Morgan fingerprint density at radius 1 is 1.21 bits per heavy atom. The van der Waals surface area contributed by atoms with Crippen molar-refractivity contribution in [2.24, 2.45) is 5.92 Å². The Morgan fingerprint density at radius 3 is 2.26 bits per heavy atom. The highest BCUT2D eigenvalue weighted by atomic mass is 16.3. The van der Waals surface area contributed by atoms with E-state index in [4.69, 9.17) is 0 Å². The molecule has 0 aromatic heterocycles. The van der Waals surface area contributed by atoms with Crippen LogP contribution in [0.5, 0.6) is 0 Å². The fourth-order valence-corrected chi connectivity index (χ4v) is 2.50. The molecule has 0 aromatic rings. The van der Waals surface area contributed by atoms with Gasteiger partial charge in [-0.1, -0.05) is 33.1 Å². The number of aliphatic hydroxyl groups is 1. The lowest BCUT2D eigenvalue weighted by molar-refractivity contribution is -0.130. The molecular formula is C14H26N2O3. The van der Waals surface area contributed by atoms with Crippen LogP contribution in [0.15, 0.2) is 0 Å². The maximum Gasteiger partial charge on any atom is 0.242 e. The van der Waals surface area contributed by atoms with Crippen LogP contribution >= 0.6 is 0 Å². The quantitative estimate of drug-likeness (QED) is 0.696. The molecule has 0 aliphatic heterocycles. The zero-order valence-corrected chi connectivity index (χ0v) is 12.2. The molecule has 1 fully saturated rings. The molecule has 0 spiro atoms. The van der Waals surface area contributed by atoms with Crippen LogP contribution in [0.1, 0.15) is 52.9 Å². The van der Waals surface area contributed by atoms with Gasteiger partial charge in [0.05, 0.1) is 5.60 Å². The van der Waals surface area contributed by atoms with Gasteiger partial charge in [0, 0.05) is 13.5 Å². The summed E-state index contributed by atoms with van der Waals surface area (Å²) in [6, 6.07) is -0.537. The van der Waals surface area contributed by atoms with E-state index in [0.29, 0.717) is 0 Å². The first kappa shape index (κ1) is 16.0. The van der Waals surface area contributed by atoms with Crippen molar-refractivity contribution >= 4 is 11.8 Å². The van der Waals surface area contributed by atoms with Gasteiger partial charge in [0.1, 0.15) is 6.04 Å². The van der Waals surface area contributed by atoms with Gasteiger partial charge in [0.15, 0.2) is 0 Å². The molecule has 1 rings (SSSR count). The lowest BCUT2D eigenvalue weighted by Crippen LogP contribution is -2.53. The summed E-state index contributed by atoms with van der Waals surface area (Å²) in [5, 5.41) is 15.7. The fraction of sp³-hybridized carbons (Fsp3) is 0.857. The number of rotatable bonds is 5. The molecule has 1 unspecified atom stereocenters. The van der Waals surface area contributed by atoms with Gasteiger partial charge in [-0.3, -0.25) is 9.59 Å². The van der Waals surface area contributed by atoms with Crippen molar-refractivity contribution in [3.63, 3.8) is 0 Å². The molecule has 3 N–H and O–H groups in total. The molecular weight excluding hydrogens is 244 g/mol. The van der Waals surface area contributed by atoms with E-state index in [1.807, 2.05) is 13.8 Å². The lowest BCUT2D eigenvalue weighted by atomic mass is 9.85. The number of carbonyl (C=O) groups excluding carboxylic acids is 2. The Balaban J connectivity index is 2.49. The summed E-state index contributed by atoms with van der Waals surface area (Å²) in [5.41, 5.74) is -0.772. The van der Waals surface area contributed by atoms with Crippen LogP contribution in [-0.2, 0) is 9.59 Å². The molecule has 110 valence electrons. The Morgan fingerprint density at radius 2 is 1.79 bits per heavy atom. The monoisotopic (exact) mass is 270 g/mol. The highest BCUT2D eigenvalue weighted by Gasteiger charge is 2.31. The third-order valence-corrected chi connectivity index (χ3v) is 3.68. The van der Waals surface area contributed by atoms with Crippen molar-refractivity contribution in [2.75, 3.05) is 6.54 Å². The molecule has 1 atom stereocenters. The Bertz CT molecular complexity index is 323. The van der Waals surface area contributed by atoms with E-state index in [-0.39, 0.29) is 24.3 Å². The SMILES string of the molecule is CC(=O)NC(C(=O)NCC1(O)CCCCC1)C(C)C. The highest BCUT2D eigenvalue weighted by Crippen LogP contribution is 2.27. The minimum absolute atomic E-state index is 0.0184. The Hall–Kier alpha value is -1.10. The molecule has 19 heavy (non-hydrogen) atoms. The summed E-state index contributed by atoms with van der Waals surface area (Å²) in [7, 11) is 0. The molecule has 5 nitrogen and oxygen atoms in total. The number of carbonyl (C=O) groups is 2. The van der Waals surface area contributed by atoms with E-state index >= 15 is 0 Å². The Kier molecular flexibility index (Phi) is 5.79. The van der Waals surface area contributed by atoms with E-state index in [2.05, 4.69) is 10.6 Å². The smallest absolute Gasteiger partial charge is 0.242 e. The molecule has 0 bridgehead atoms. The maximum atomic E-state index is 12.1. The van der Waals surface area contributed by atoms with Gasteiger partial charge < -0.3 is 15.7 Å². The van der Waals surface area contributed by atoms with E-state index in [0.717, 1.165) is 32.1 Å². The van der Waals surface area contributed by atoms with Crippen LogP contribution in [-0.4, -0.2) is 35.1 Å². The number of nitrogens with one attached hydrogen (secondary N) is 2. The largest absolute Gasteiger partial charge is 0.388 e. The van der Waals surface area contributed by atoms with Gasteiger partial charge >= 0.3 is 0 Å². The summed E-state index contributed by atoms with van der Waals surface area (Å²) >= 11 is 0. The van der Waals surface area contributed by atoms with Crippen molar-refractivity contribution in [3.05, 3.63) is 0 Å². The molecule has 0 heterocycles. The van der Waals surface area contributed by atoms with E-state index in [9.17, 15) is 14.7 Å². The van der Waals surface area contributed by atoms with Crippen molar-refractivity contribution in [1.29, 1.82) is 0 Å². The van der Waals surface area contributed by atoms with Crippen LogP contribution in [0.2, 0.25) is 0 Å². The number of hydrogen-bond donors (Lipinski definition) is 3. The van der Waals surface area contributed by atoms with Gasteiger partial charge in [-0.2, -0.15) is 0 Å². The van der Waals surface area contributed by atoms with Gasteiger partial charge in [-0.05, 0) is 18.8 Å². The molecule has 0 saturated heterocycles. The third kappa shape index (κ3) is 5.19. The van der Waals surface area contributed by atoms with Crippen molar-refractivity contribution in [2.45, 2.75) is 64.5 Å². The summed E-state index contributed by atoms with van der Waals surface area (Å²) in [6.45, 7) is 5.44. The molecule has 1 aliphatic carbocycles. The zero-order chi connectivity index (χ0) is 14.5. The minimum atomic E-state index is -0.772. The summed E-state index contributed by atoms with van der Waals surface area (Å²) in [5.74, 6) is -0.417. The average molecular weight is 270 g/mol. The molecule has 0 radical (unpaired) electrons. The fourth-order valence-electron chi connectivity index (χ4n) is 2.50. The molecule has 5 heteroatoms. The topological polar surface area (TPSA) is 78.4 Å². The summed E-state index contributed by atoms with van der Waals surface area (Å²) in [4.78, 5) is 23.2. The molecule has 0 aromatic carbocycles. The standard InChI is InChI=1S/C14H26N2O3/c1-10(2)12(16-11(3)17)13(18)15-9-14(19)7-5-4-6-8-14/h10,12,19H,4-9H2,1-3H3,(H,15,18)(H,16,17). The van der Waals surface area contributed by atoms with Gasteiger partial charge in [0.25, 0.3) is 0 Å². The summed E-state index contributed by atoms with van der Waals surface area (Å²) in [6.07, 6.45) is 4.63. The van der Waals surface area contributed by atoms with Crippen molar-refractivity contribution in [3.8, 4) is 0 Å². The van der Waals surface area contributed by atoms with Crippen LogP contribution < -0.4 is 10.6 Å².